The average molecular weight is 589 g/mol. The van der Waals surface area contributed by atoms with Gasteiger partial charge < -0.3 is 33.8 Å². The predicted octanol–water partition coefficient (Wildman–Crippen LogP) is 3.28. The van der Waals surface area contributed by atoms with Gasteiger partial charge in [-0.1, -0.05) is 11.2 Å². The monoisotopic (exact) mass is 588 g/mol. The van der Waals surface area contributed by atoms with Crippen molar-refractivity contribution in [2.75, 3.05) is 19.9 Å². The molecule has 2 aromatic rings. The Balaban J connectivity index is 1.57. The fraction of sp³-hybridized carbons (Fsp3) is 0.464. The number of oxime groups is 1. The number of amides is 2. The Morgan fingerprint density at radius 2 is 2.02 bits per heavy atom. The summed E-state index contributed by atoms with van der Waals surface area (Å²) < 4.78 is 44.2. The topological polar surface area (TPSA) is 138 Å². The van der Waals surface area contributed by atoms with Gasteiger partial charge in [0, 0.05) is 43.4 Å². The van der Waals surface area contributed by atoms with Crippen molar-refractivity contribution in [3.05, 3.63) is 63.1 Å². The Morgan fingerprint density at radius 3 is 2.71 bits per heavy atom. The zero-order valence-corrected chi connectivity index (χ0v) is 23.3. The summed E-state index contributed by atoms with van der Waals surface area (Å²) in [7, 11) is 0. The molecule has 224 valence electrons. The third kappa shape index (κ3) is 5.28. The van der Waals surface area contributed by atoms with Crippen LogP contribution >= 0.6 is 0 Å². The molecule has 1 fully saturated rings. The van der Waals surface area contributed by atoms with E-state index in [1.807, 2.05) is 13.8 Å². The number of hydrogen-bond donors (Lipinski definition) is 1. The van der Waals surface area contributed by atoms with Gasteiger partial charge in [0.05, 0.1) is 18.4 Å². The Morgan fingerprint density at radius 1 is 1.24 bits per heavy atom. The van der Waals surface area contributed by atoms with Gasteiger partial charge in [-0.3, -0.25) is 14.4 Å². The van der Waals surface area contributed by atoms with Crippen molar-refractivity contribution >= 4 is 23.7 Å². The number of nitrogens with one attached hydrogen (secondary N) is 1. The number of rotatable bonds is 7. The molecule has 14 heteroatoms. The van der Waals surface area contributed by atoms with E-state index in [0.717, 1.165) is 11.8 Å². The molecule has 1 spiro atoms. The molecule has 3 aliphatic rings. The van der Waals surface area contributed by atoms with Crippen LogP contribution in [0.1, 0.15) is 72.5 Å². The van der Waals surface area contributed by atoms with E-state index in [2.05, 4.69) is 10.5 Å². The summed E-state index contributed by atoms with van der Waals surface area (Å²) in [5.74, 6) is -3.54. The molecule has 0 unspecified atom stereocenters. The fourth-order valence-corrected chi connectivity index (χ4v) is 5.64. The van der Waals surface area contributed by atoms with Crippen LogP contribution in [0.3, 0.4) is 0 Å². The number of nitrogens with zero attached hydrogens (tertiary/aromatic N) is 3. The number of halogens is 2. The van der Waals surface area contributed by atoms with Crippen LogP contribution in [0.4, 0.5) is 13.6 Å². The number of carbonyl (C=O) groups is 3. The minimum Gasteiger partial charge on any atom is -0.451 e. The minimum atomic E-state index is -1.05. The van der Waals surface area contributed by atoms with Gasteiger partial charge in [0.2, 0.25) is 18.0 Å². The number of benzene rings is 1. The Kier molecular flexibility index (Phi) is 7.89. The van der Waals surface area contributed by atoms with E-state index in [-0.39, 0.29) is 37.0 Å². The molecule has 1 aromatic carbocycles. The van der Waals surface area contributed by atoms with Gasteiger partial charge in [0.1, 0.15) is 17.2 Å². The molecule has 1 N–H and O–H groups in total. The van der Waals surface area contributed by atoms with E-state index in [1.54, 1.807) is 11.8 Å². The highest BCUT2D eigenvalue weighted by Crippen LogP contribution is 2.46. The van der Waals surface area contributed by atoms with Gasteiger partial charge in [-0.15, -0.1) is 0 Å². The SMILES string of the molecule is CCOC(=O)OCOc1c2n(cc(C(=O)NCc3ccc(F)cc3F)c1=O)[C@@H]1CN(C2=O)[C@@H](C)CC[C@]12CC(C)=NO2. The van der Waals surface area contributed by atoms with Crippen molar-refractivity contribution in [2.45, 2.75) is 64.3 Å². The number of pyridine rings is 1. The zero-order chi connectivity index (χ0) is 30.2. The largest absolute Gasteiger partial charge is 0.511 e. The molecule has 42 heavy (non-hydrogen) atoms. The molecule has 0 saturated carbocycles. The highest BCUT2D eigenvalue weighted by molar-refractivity contribution is 5.99. The summed E-state index contributed by atoms with van der Waals surface area (Å²) in [6.07, 6.45) is 1.82. The number of ether oxygens (including phenoxy) is 3. The molecule has 1 aromatic heterocycles. The summed E-state index contributed by atoms with van der Waals surface area (Å²) in [6, 6.07) is 2.13. The first kappa shape index (κ1) is 29.0. The summed E-state index contributed by atoms with van der Waals surface area (Å²) in [5.41, 5.74) is -1.59. The van der Waals surface area contributed by atoms with E-state index in [1.165, 1.54) is 16.8 Å². The van der Waals surface area contributed by atoms with E-state index >= 15 is 0 Å². The highest BCUT2D eigenvalue weighted by Gasteiger charge is 2.54. The fourth-order valence-electron chi connectivity index (χ4n) is 5.64. The van der Waals surface area contributed by atoms with Crippen molar-refractivity contribution in [1.29, 1.82) is 0 Å². The molecular formula is C28H30F2N4O8. The second kappa shape index (κ2) is 11.4. The van der Waals surface area contributed by atoms with Gasteiger partial charge in [0.25, 0.3) is 11.8 Å². The predicted molar refractivity (Wildman–Crippen MR) is 142 cm³/mol. The summed E-state index contributed by atoms with van der Waals surface area (Å²) in [6.45, 7) is 4.44. The Labute approximate surface area is 239 Å². The molecule has 3 aliphatic heterocycles. The molecule has 0 radical (unpaired) electrons. The molecule has 2 bridgehead atoms. The molecule has 5 rings (SSSR count). The minimum absolute atomic E-state index is 0.00312. The molecule has 4 heterocycles. The molecule has 1 saturated heterocycles. The molecule has 3 atom stereocenters. The van der Waals surface area contributed by atoms with Crippen molar-refractivity contribution < 1.29 is 42.2 Å². The third-order valence-electron chi connectivity index (χ3n) is 7.77. The summed E-state index contributed by atoms with van der Waals surface area (Å²) in [5, 5.41) is 6.65. The number of carbonyl (C=O) groups excluding carboxylic acids is 3. The van der Waals surface area contributed by atoms with Crippen LogP contribution in [-0.4, -0.2) is 64.7 Å². The summed E-state index contributed by atoms with van der Waals surface area (Å²) >= 11 is 0. The van der Waals surface area contributed by atoms with Crippen molar-refractivity contribution in [2.24, 2.45) is 5.16 Å². The maximum absolute atomic E-state index is 14.2. The quantitative estimate of drug-likeness (QED) is 0.384. The first-order valence-electron chi connectivity index (χ1n) is 13.5. The second-order valence-electron chi connectivity index (χ2n) is 10.5. The van der Waals surface area contributed by atoms with Gasteiger partial charge in [-0.05, 0) is 39.7 Å². The lowest BCUT2D eigenvalue weighted by Gasteiger charge is -2.42. The Hall–Kier alpha value is -4.49. The van der Waals surface area contributed by atoms with Gasteiger partial charge in [-0.2, -0.15) is 0 Å². The third-order valence-corrected chi connectivity index (χ3v) is 7.77. The number of hydrogen-bond acceptors (Lipinski definition) is 9. The lowest BCUT2D eigenvalue weighted by molar-refractivity contribution is -0.0658. The number of aromatic nitrogens is 1. The maximum atomic E-state index is 14.2. The van der Waals surface area contributed by atoms with E-state index in [4.69, 9.17) is 19.0 Å². The van der Waals surface area contributed by atoms with Crippen LogP contribution in [0, 0.1) is 11.6 Å². The van der Waals surface area contributed by atoms with Crippen molar-refractivity contribution in [3.63, 3.8) is 0 Å². The van der Waals surface area contributed by atoms with Crippen LogP contribution in [0.5, 0.6) is 5.75 Å². The maximum Gasteiger partial charge on any atom is 0.511 e. The number of fused-ring (bicyclic) bond motifs is 5. The lowest BCUT2D eigenvalue weighted by Crippen LogP contribution is -2.52. The van der Waals surface area contributed by atoms with Crippen LogP contribution < -0.4 is 15.5 Å². The first-order valence-corrected chi connectivity index (χ1v) is 13.5. The van der Waals surface area contributed by atoms with E-state index in [9.17, 15) is 28.0 Å². The van der Waals surface area contributed by atoms with Crippen LogP contribution in [0.15, 0.2) is 34.3 Å². The molecular weight excluding hydrogens is 558 g/mol. The van der Waals surface area contributed by atoms with E-state index < -0.39 is 64.8 Å². The van der Waals surface area contributed by atoms with Crippen molar-refractivity contribution in [1.82, 2.24) is 14.8 Å². The van der Waals surface area contributed by atoms with Crippen molar-refractivity contribution in [3.8, 4) is 5.75 Å². The van der Waals surface area contributed by atoms with Crippen LogP contribution in [0.2, 0.25) is 0 Å². The second-order valence-corrected chi connectivity index (χ2v) is 10.5. The normalized spacial score (nSPS) is 22.5. The van der Waals surface area contributed by atoms with Gasteiger partial charge in [0.15, 0.2) is 11.3 Å². The van der Waals surface area contributed by atoms with Gasteiger partial charge in [-0.25, -0.2) is 13.6 Å². The molecule has 12 nitrogen and oxygen atoms in total. The molecule has 2 amide bonds. The lowest BCUT2D eigenvalue weighted by atomic mass is 9.84. The van der Waals surface area contributed by atoms with E-state index in [0.29, 0.717) is 25.3 Å². The standard InChI is InChI=1S/C28H30F2N4O8/c1-4-39-27(38)41-14-40-24-22-26(37)33-13-21(28(8-7-16(33)3)10-15(2)32-42-28)34(22)12-19(23(24)35)25(36)31-11-17-5-6-18(29)9-20(17)30/h5-6,9,12,16,21H,4,7-8,10-11,13-14H2,1-3H3,(H,31,36)/t16-,21+,28-/m0/s1. The summed E-state index contributed by atoms with van der Waals surface area (Å²) in [4.78, 5) is 60.2. The highest BCUT2D eigenvalue weighted by atomic mass is 19.1. The average Bonchev–Trinajstić information content (AvgIpc) is 3.28. The van der Waals surface area contributed by atoms with Gasteiger partial charge >= 0.3 is 6.16 Å². The first-order chi connectivity index (χ1) is 20.0. The van der Waals surface area contributed by atoms with Crippen LogP contribution in [0.25, 0.3) is 0 Å². The Bertz CT molecular complexity index is 1530. The van der Waals surface area contributed by atoms with Crippen LogP contribution in [-0.2, 0) is 20.9 Å². The smallest absolute Gasteiger partial charge is 0.451 e. The molecule has 0 aliphatic carbocycles. The zero-order valence-electron chi connectivity index (χ0n) is 23.3.